The number of fused-ring (bicyclic) bond motifs is 1. The van der Waals surface area contributed by atoms with Crippen molar-refractivity contribution in [2.24, 2.45) is 5.41 Å². The molecule has 0 fully saturated rings. The summed E-state index contributed by atoms with van der Waals surface area (Å²) in [5.41, 5.74) is 2.85. The van der Waals surface area contributed by atoms with Crippen molar-refractivity contribution in [1.82, 2.24) is 29.9 Å². The first kappa shape index (κ1) is 20.9. The maximum Gasteiger partial charge on any atom is 0.200 e. The van der Waals surface area contributed by atoms with Gasteiger partial charge in [0.2, 0.25) is 5.82 Å². The van der Waals surface area contributed by atoms with Gasteiger partial charge in [0.1, 0.15) is 11.2 Å². The van der Waals surface area contributed by atoms with Gasteiger partial charge in [-0.15, -0.1) is 5.10 Å². The second-order valence-corrected chi connectivity index (χ2v) is 8.58. The van der Waals surface area contributed by atoms with E-state index in [1.807, 2.05) is 30.5 Å². The van der Waals surface area contributed by atoms with Gasteiger partial charge in [0.05, 0.1) is 11.9 Å². The van der Waals surface area contributed by atoms with E-state index in [0.29, 0.717) is 35.6 Å². The van der Waals surface area contributed by atoms with Crippen molar-refractivity contribution in [3.63, 3.8) is 0 Å². The van der Waals surface area contributed by atoms with Crippen molar-refractivity contribution in [2.45, 2.75) is 40.3 Å². The highest BCUT2D eigenvalue weighted by atomic mass is 19.1. The molecular formula is C23H26FN7. The maximum atomic E-state index is 14.3. The molecule has 0 radical (unpaired) electrons. The molecule has 4 aromatic heterocycles. The third-order valence-electron chi connectivity index (χ3n) is 5.41. The van der Waals surface area contributed by atoms with E-state index in [4.69, 9.17) is 4.98 Å². The molecule has 7 nitrogen and oxygen atoms in total. The van der Waals surface area contributed by atoms with E-state index in [1.54, 1.807) is 16.8 Å². The van der Waals surface area contributed by atoms with Crippen LogP contribution >= 0.6 is 0 Å². The number of hydrogen-bond donors (Lipinski definition) is 2. The van der Waals surface area contributed by atoms with Crippen molar-refractivity contribution in [2.75, 3.05) is 5.32 Å². The Morgan fingerprint density at radius 3 is 2.68 bits per heavy atom. The highest BCUT2D eigenvalue weighted by molar-refractivity contribution is 5.78. The Balaban J connectivity index is 1.78. The van der Waals surface area contributed by atoms with Gasteiger partial charge >= 0.3 is 0 Å². The summed E-state index contributed by atoms with van der Waals surface area (Å²) in [6, 6.07) is 9.44. The number of hydrogen-bond acceptors (Lipinski definition) is 6. The van der Waals surface area contributed by atoms with Crippen LogP contribution in [0, 0.1) is 11.2 Å². The summed E-state index contributed by atoms with van der Waals surface area (Å²) < 4.78 is 16.1. The molecule has 0 saturated heterocycles. The number of nitrogens with one attached hydrogen (secondary N) is 2. The van der Waals surface area contributed by atoms with Crippen LogP contribution in [0.25, 0.3) is 17.0 Å². The molecule has 0 spiro atoms. The van der Waals surface area contributed by atoms with Crippen molar-refractivity contribution >= 4 is 17.0 Å². The van der Waals surface area contributed by atoms with Crippen molar-refractivity contribution in [3.8, 4) is 11.5 Å². The van der Waals surface area contributed by atoms with E-state index in [-0.39, 0.29) is 5.41 Å². The average Bonchev–Trinajstić information content (AvgIpc) is 3.17. The van der Waals surface area contributed by atoms with Gasteiger partial charge in [0, 0.05) is 31.2 Å². The molecule has 160 valence electrons. The third kappa shape index (κ3) is 4.54. The fourth-order valence-electron chi connectivity index (χ4n) is 3.10. The smallest absolute Gasteiger partial charge is 0.200 e. The minimum Gasteiger partial charge on any atom is -0.336 e. The lowest BCUT2D eigenvalue weighted by molar-refractivity contribution is 0.285. The molecule has 1 unspecified atom stereocenters. The largest absolute Gasteiger partial charge is 0.336 e. The van der Waals surface area contributed by atoms with Crippen LogP contribution in [0.4, 0.5) is 15.9 Å². The molecule has 0 aromatic carbocycles. The number of rotatable bonds is 6. The van der Waals surface area contributed by atoms with Gasteiger partial charge in [-0.05, 0) is 42.2 Å². The van der Waals surface area contributed by atoms with Crippen LogP contribution < -0.4 is 10.6 Å². The first-order chi connectivity index (χ1) is 14.8. The van der Waals surface area contributed by atoms with Crippen LogP contribution in [-0.4, -0.2) is 30.6 Å². The van der Waals surface area contributed by atoms with Gasteiger partial charge in [-0.2, -0.15) is 0 Å². The van der Waals surface area contributed by atoms with Gasteiger partial charge in [-0.3, -0.25) is 9.97 Å². The number of aromatic nitrogens is 5. The highest BCUT2D eigenvalue weighted by Crippen LogP contribution is 2.27. The van der Waals surface area contributed by atoms with E-state index >= 15 is 0 Å². The summed E-state index contributed by atoms with van der Waals surface area (Å²) in [5.74, 6) is 0.500. The molecular weight excluding hydrogens is 393 g/mol. The summed E-state index contributed by atoms with van der Waals surface area (Å²) in [5, 5.41) is 11.3. The fraction of sp³-hybridized carbons (Fsp3) is 0.304. The molecule has 4 aromatic rings. The molecule has 1 atom stereocenters. The van der Waals surface area contributed by atoms with Gasteiger partial charge in [0.25, 0.3) is 0 Å². The first-order valence-electron chi connectivity index (χ1n) is 10.2. The minimum atomic E-state index is -0.453. The first-order valence-corrected chi connectivity index (χ1v) is 10.2. The lowest BCUT2D eigenvalue weighted by Crippen LogP contribution is -2.37. The average molecular weight is 420 g/mol. The lowest BCUT2D eigenvalue weighted by atomic mass is 9.88. The zero-order valence-electron chi connectivity index (χ0n) is 18.1. The number of pyridine rings is 2. The Labute approximate surface area is 180 Å². The van der Waals surface area contributed by atoms with Crippen LogP contribution in [-0.2, 0) is 6.54 Å². The molecule has 8 heteroatoms. The van der Waals surface area contributed by atoms with Crippen molar-refractivity contribution < 1.29 is 4.39 Å². The normalized spacial score (nSPS) is 12.8. The standard InChI is InChI=1S/C23H26FN7/c1-15(23(2,3)4)27-13-16-9-12-31-20(16)22(28-18-8-11-25-14-17(18)24)29-21(30-31)19-7-5-6-10-26-19/h5-12,14-15,27H,13H2,1-4H3,(H,25,28,29,30). The molecule has 2 N–H and O–H groups in total. The summed E-state index contributed by atoms with van der Waals surface area (Å²) in [4.78, 5) is 12.9. The second-order valence-electron chi connectivity index (χ2n) is 8.58. The minimum absolute atomic E-state index is 0.124. The third-order valence-corrected chi connectivity index (χ3v) is 5.41. The summed E-state index contributed by atoms with van der Waals surface area (Å²) in [6.07, 6.45) is 6.29. The molecule has 4 heterocycles. The molecule has 31 heavy (non-hydrogen) atoms. The van der Waals surface area contributed by atoms with Crippen LogP contribution in [0.1, 0.15) is 33.3 Å². The van der Waals surface area contributed by atoms with E-state index < -0.39 is 5.82 Å². The summed E-state index contributed by atoms with van der Waals surface area (Å²) >= 11 is 0. The van der Waals surface area contributed by atoms with Gasteiger partial charge in [-0.1, -0.05) is 26.8 Å². The van der Waals surface area contributed by atoms with Crippen LogP contribution in [0.3, 0.4) is 0 Å². The van der Waals surface area contributed by atoms with E-state index in [0.717, 1.165) is 11.1 Å². The predicted molar refractivity (Wildman–Crippen MR) is 119 cm³/mol. The zero-order chi connectivity index (χ0) is 22.0. The van der Waals surface area contributed by atoms with Crippen LogP contribution in [0.15, 0.2) is 55.1 Å². The lowest BCUT2D eigenvalue weighted by Gasteiger charge is -2.28. The van der Waals surface area contributed by atoms with Crippen LogP contribution in [0.2, 0.25) is 0 Å². The number of anilines is 2. The Bertz CT molecular complexity index is 1180. The maximum absolute atomic E-state index is 14.3. The molecule has 0 aliphatic carbocycles. The quantitative estimate of drug-likeness (QED) is 0.476. The number of halogens is 1. The Hall–Kier alpha value is -3.39. The topological polar surface area (TPSA) is 80.0 Å². The highest BCUT2D eigenvalue weighted by Gasteiger charge is 2.21. The monoisotopic (exact) mass is 419 g/mol. The molecule has 0 amide bonds. The molecule has 4 rings (SSSR count). The molecule has 0 saturated carbocycles. The Kier molecular flexibility index (Phi) is 5.65. The van der Waals surface area contributed by atoms with Crippen molar-refractivity contribution in [1.29, 1.82) is 0 Å². The Morgan fingerprint density at radius 1 is 1.13 bits per heavy atom. The van der Waals surface area contributed by atoms with Gasteiger partial charge < -0.3 is 10.6 Å². The summed E-state index contributed by atoms with van der Waals surface area (Å²) in [7, 11) is 0. The molecule has 0 aliphatic rings. The SMILES string of the molecule is CC(NCc1ccn2nc(-c3ccccn3)nc(Nc3ccncc3F)c12)C(C)(C)C. The fourth-order valence-corrected chi connectivity index (χ4v) is 3.10. The van der Waals surface area contributed by atoms with Crippen molar-refractivity contribution in [3.05, 3.63) is 66.5 Å². The Morgan fingerprint density at radius 2 is 1.97 bits per heavy atom. The summed E-state index contributed by atoms with van der Waals surface area (Å²) in [6.45, 7) is 9.39. The predicted octanol–water partition coefficient (Wildman–Crippen LogP) is 4.59. The van der Waals surface area contributed by atoms with Crippen LogP contribution in [0.5, 0.6) is 0 Å². The van der Waals surface area contributed by atoms with Gasteiger partial charge in [-0.25, -0.2) is 13.9 Å². The van der Waals surface area contributed by atoms with Gasteiger partial charge in [0.15, 0.2) is 11.6 Å². The molecule has 0 bridgehead atoms. The second kappa shape index (κ2) is 8.39. The van der Waals surface area contributed by atoms with E-state index in [9.17, 15) is 4.39 Å². The van der Waals surface area contributed by atoms with E-state index in [2.05, 4.69) is 53.4 Å². The van der Waals surface area contributed by atoms with E-state index in [1.165, 1.54) is 12.4 Å². The molecule has 0 aliphatic heterocycles. The zero-order valence-corrected chi connectivity index (χ0v) is 18.1. The number of nitrogens with zero attached hydrogens (tertiary/aromatic N) is 5.